The number of nitrogens with zero attached hydrogens (tertiary/aromatic N) is 3. The molecule has 1 heterocycles. The third-order valence-corrected chi connectivity index (χ3v) is 6.74. The number of nitro groups is 1. The standard InChI is InChI=1S/C25H24BrN3O5/c26-19-9-11-20(12-10-19)28-23(30)16-22(25(28)32)27(14-13-17-5-2-1-3-6-17)24(31)18-7-4-8-21(15-18)29(33)34/h4-5,7-12,15,22H,1-3,6,13-14,16H2. The summed E-state index contributed by atoms with van der Waals surface area (Å²) in [5.41, 5.74) is 1.59. The minimum Gasteiger partial charge on any atom is -0.326 e. The van der Waals surface area contributed by atoms with Gasteiger partial charge < -0.3 is 4.90 Å². The Balaban J connectivity index is 1.63. The molecule has 0 saturated carbocycles. The molecule has 0 spiro atoms. The van der Waals surface area contributed by atoms with Gasteiger partial charge in [0.25, 0.3) is 17.5 Å². The molecule has 0 radical (unpaired) electrons. The molecule has 9 heteroatoms. The van der Waals surface area contributed by atoms with Gasteiger partial charge in [0, 0.05) is 28.7 Å². The molecule has 1 aliphatic heterocycles. The summed E-state index contributed by atoms with van der Waals surface area (Å²) in [6.07, 6.45) is 6.80. The largest absolute Gasteiger partial charge is 0.326 e. The van der Waals surface area contributed by atoms with Crippen molar-refractivity contribution < 1.29 is 19.3 Å². The first-order valence-corrected chi connectivity index (χ1v) is 12.0. The van der Waals surface area contributed by atoms with E-state index >= 15 is 0 Å². The van der Waals surface area contributed by atoms with Crippen LogP contribution in [0.3, 0.4) is 0 Å². The highest BCUT2D eigenvalue weighted by Gasteiger charge is 2.44. The predicted molar refractivity (Wildman–Crippen MR) is 130 cm³/mol. The Morgan fingerprint density at radius 2 is 1.91 bits per heavy atom. The van der Waals surface area contributed by atoms with Crippen LogP contribution in [0.1, 0.15) is 48.9 Å². The number of imide groups is 1. The van der Waals surface area contributed by atoms with Crippen LogP contribution in [0.4, 0.5) is 11.4 Å². The first-order valence-electron chi connectivity index (χ1n) is 11.2. The maximum absolute atomic E-state index is 13.5. The van der Waals surface area contributed by atoms with Crippen LogP contribution >= 0.6 is 15.9 Å². The van der Waals surface area contributed by atoms with Crippen LogP contribution in [-0.2, 0) is 9.59 Å². The lowest BCUT2D eigenvalue weighted by Crippen LogP contribution is -2.46. The minimum absolute atomic E-state index is 0.120. The second kappa shape index (κ2) is 10.3. The van der Waals surface area contributed by atoms with Gasteiger partial charge in [-0.25, -0.2) is 4.90 Å². The van der Waals surface area contributed by atoms with E-state index in [0.717, 1.165) is 35.1 Å². The maximum atomic E-state index is 13.5. The summed E-state index contributed by atoms with van der Waals surface area (Å²) in [7, 11) is 0. The quantitative estimate of drug-likeness (QED) is 0.218. The van der Waals surface area contributed by atoms with E-state index in [1.54, 1.807) is 24.3 Å². The highest BCUT2D eigenvalue weighted by molar-refractivity contribution is 9.10. The zero-order valence-corrected chi connectivity index (χ0v) is 20.1. The molecule has 176 valence electrons. The zero-order chi connectivity index (χ0) is 24.2. The normalized spacial score (nSPS) is 18.1. The molecule has 4 rings (SSSR count). The number of anilines is 1. The lowest BCUT2D eigenvalue weighted by molar-refractivity contribution is -0.384. The second-order valence-corrected chi connectivity index (χ2v) is 9.34. The number of rotatable bonds is 7. The van der Waals surface area contributed by atoms with E-state index in [2.05, 4.69) is 22.0 Å². The van der Waals surface area contributed by atoms with Crippen LogP contribution in [0.2, 0.25) is 0 Å². The van der Waals surface area contributed by atoms with Crippen molar-refractivity contribution in [2.45, 2.75) is 44.6 Å². The fourth-order valence-corrected chi connectivity index (χ4v) is 4.70. The van der Waals surface area contributed by atoms with E-state index in [1.807, 2.05) is 0 Å². The van der Waals surface area contributed by atoms with Gasteiger partial charge in [0.1, 0.15) is 6.04 Å². The second-order valence-electron chi connectivity index (χ2n) is 8.43. The Morgan fingerprint density at radius 1 is 1.15 bits per heavy atom. The molecule has 1 saturated heterocycles. The molecule has 0 bridgehead atoms. The number of carbonyl (C=O) groups is 3. The Hall–Kier alpha value is -3.33. The topological polar surface area (TPSA) is 101 Å². The third-order valence-electron chi connectivity index (χ3n) is 6.21. The Morgan fingerprint density at radius 3 is 2.59 bits per heavy atom. The molecule has 0 aromatic heterocycles. The van der Waals surface area contributed by atoms with E-state index in [-0.39, 0.29) is 30.1 Å². The van der Waals surface area contributed by atoms with E-state index in [4.69, 9.17) is 0 Å². The highest BCUT2D eigenvalue weighted by atomic mass is 79.9. The Bertz CT molecular complexity index is 1160. The van der Waals surface area contributed by atoms with Crippen LogP contribution in [0.5, 0.6) is 0 Å². The summed E-state index contributed by atoms with van der Waals surface area (Å²) < 4.78 is 0.815. The van der Waals surface area contributed by atoms with E-state index < -0.39 is 22.8 Å². The zero-order valence-electron chi connectivity index (χ0n) is 18.5. The van der Waals surface area contributed by atoms with Crippen LogP contribution in [0.25, 0.3) is 0 Å². The average Bonchev–Trinajstić information content (AvgIpc) is 3.14. The Kier molecular flexibility index (Phi) is 7.21. The number of hydrogen-bond acceptors (Lipinski definition) is 5. The van der Waals surface area contributed by atoms with Crippen molar-refractivity contribution in [1.29, 1.82) is 0 Å². The SMILES string of the molecule is O=C1CC(N(CCC2=CCCCC2)C(=O)c2cccc([N+](=O)[O-])c2)C(=O)N1c1ccc(Br)cc1. The van der Waals surface area contributed by atoms with Crippen molar-refractivity contribution in [2.75, 3.05) is 11.4 Å². The van der Waals surface area contributed by atoms with Crippen molar-refractivity contribution in [3.05, 3.63) is 80.3 Å². The van der Waals surface area contributed by atoms with Crippen LogP contribution in [0.15, 0.2) is 64.7 Å². The maximum Gasteiger partial charge on any atom is 0.270 e. The molecule has 1 atom stereocenters. The van der Waals surface area contributed by atoms with Crippen molar-refractivity contribution in [3.8, 4) is 0 Å². The number of halogens is 1. The highest BCUT2D eigenvalue weighted by Crippen LogP contribution is 2.29. The molecule has 2 aliphatic rings. The molecule has 1 aliphatic carbocycles. The minimum atomic E-state index is -0.966. The molecule has 3 amide bonds. The predicted octanol–water partition coefficient (Wildman–Crippen LogP) is 5.02. The molecule has 2 aromatic carbocycles. The lowest BCUT2D eigenvalue weighted by Gasteiger charge is -2.28. The smallest absolute Gasteiger partial charge is 0.270 e. The van der Waals surface area contributed by atoms with Gasteiger partial charge in [-0.2, -0.15) is 0 Å². The van der Waals surface area contributed by atoms with Gasteiger partial charge in [0.05, 0.1) is 17.0 Å². The molecule has 34 heavy (non-hydrogen) atoms. The van der Waals surface area contributed by atoms with Gasteiger partial charge in [-0.05, 0) is 62.4 Å². The number of non-ortho nitro benzene ring substituents is 1. The fraction of sp³-hybridized carbons (Fsp3) is 0.320. The summed E-state index contributed by atoms with van der Waals surface area (Å²) in [4.78, 5) is 52.9. The van der Waals surface area contributed by atoms with Crippen LogP contribution in [-0.4, -0.2) is 40.1 Å². The van der Waals surface area contributed by atoms with E-state index in [0.29, 0.717) is 12.1 Å². The number of benzene rings is 2. The Labute approximate surface area is 205 Å². The summed E-state index contributed by atoms with van der Waals surface area (Å²) in [5.74, 6) is -1.35. The third kappa shape index (κ3) is 5.09. The van der Waals surface area contributed by atoms with E-state index in [1.165, 1.54) is 34.7 Å². The van der Waals surface area contributed by atoms with E-state index in [9.17, 15) is 24.5 Å². The molecule has 2 aromatic rings. The number of hydrogen-bond donors (Lipinski definition) is 0. The number of amides is 3. The summed E-state index contributed by atoms with van der Waals surface area (Å²) >= 11 is 3.34. The molecular formula is C25H24BrN3O5. The van der Waals surface area contributed by atoms with Gasteiger partial charge >= 0.3 is 0 Å². The number of carbonyl (C=O) groups excluding carboxylic acids is 3. The van der Waals surface area contributed by atoms with Crippen LogP contribution in [0, 0.1) is 10.1 Å². The molecule has 8 nitrogen and oxygen atoms in total. The van der Waals surface area contributed by atoms with Crippen molar-refractivity contribution in [1.82, 2.24) is 4.90 Å². The summed E-state index contributed by atoms with van der Waals surface area (Å²) in [6, 6.07) is 11.3. The average molecular weight is 526 g/mol. The van der Waals surface area contributed by atoms with Crippen molar-refractivity contribution in [2.24, 2.45) is 0 Å². The van der Waals surface area contributed by atoms with Gasteiger partial charge in [-0.1, -0.05) is 33.6 Å². The monoisotopic (exact) mass is 525 g/mol. The lowest BCUT2D eigenvalue weighted by atomic mass is 9.96. The van der Waals surface area contributed by atoms with Gasteiger partial charge in [0.15, 0.2) is 0 Å². The first-order chi connectivity index (χ1) is 16.3. The summed E-state index contributed by atoms with van der Waals surface area (Å²) in [5, 5.41) is 11.2. The summed E-state index contributed by atoms with van der Waals surface area (Å²) in [6.45, 7) is 0.255. The van der Waals surface area contributed by atoms with Crippen molar-refractivity contribution >= 4 is 45.0 Å². The van der Waals surface area contributed by atoms with Crippen LogP contribution < -0.4 is 4.90 Å². The first kappa shape index (κ1) is 23.8. The molecule has 0 N–H and O–H groups in total. The van der Waals surface area contributed by atoms with Gasteiger partial charge in [-0.15, -0.1) is 0 Å². The number of nitro benzene ring substituents is 1. The van der Waals surface area contributed by atoms with Crippen molar-refractivity contribution in [3.63, 3.8) is 0 Å². The fourth-order valence-electron chi connectivity index (χ4n) is 4.43. The molecule has 1 unspecified atom stereocenters. The van der Waals surface area contributed by atoms with Gasteiger partial charge in [-0.3, -0.25) is 24.5 Å². The van der Waals surface area contributed by atoms with Gasteiger partial charge in [0.2, 0.25) is 5.91 Å². The molecule has 1 fully saturated rings. The molecular weight excluding hydrogens is 502 g/mol. The number of allylic oxidation sites excluding steroid dienone is 1.